The molecule has 0 aliphatic carbocycles. The minimum absolute atomic E-state index is 0.0105. The topological polar surface area (TPSA) is 42.0 Å². The zero-order valence-corrected chi connectivity index (χ0v) is 8.16. The fraction of sp³-hybridized carbons (Fsp3) is 0.400. The second-order valence-electron chi connectivity index (χ2n) is 3.17. The van der Waals surface area contributed by atoms with Crippen LogP contribution < -0.4 is 5.32 Å². The first-order valence-corrected chi connectivity index (χ1v) is 4.33. The van der Waals surface area contributed by atoms with Crippen molar-refractivity contribution in [2.45, 2.75) is 13.8 Å². The molecule has 70 valence electrons. The Bertz CT molecular complexity index is 308. The second-order valence-corrected chi connectivity index (χ2v) is 3.17. The van der Waals surface area contributed by atoms with Gasteiger partial charge >= 0.3 is 0 Å². The highest BCUT2D eigenvalue weighted by Crippen LogP contribution is 2.15. The van der Waals surface area contributed by atoms with Gasteiger partial charge in [-0.15, -0.1) is 0 Å². The minimum atomic E-state index is 0.0105. The SMILES string of the molecule is CNc1ncccc1C(=O)C(C)C. The first kappa shape index (κ1) is 9.71. The number of pyridine rings is 1. The van der Waals surface area contributed by atoms with Crippen molar-refractivity contribution < 1.29 is 4.79 Å². The van der Waals surface area contributed by atoms with Crippen molar-refractivity contribution in [3.8, 4) is 0 Å². The Kier molecular flexibility index (Phi) is 3.01. The molecular formula is C10H14N2O. The molecule has 0 amide bonds. The quantitative estimate of drug-likeness (QED) is 0.719. The largest absolute Gasteiger partial charge is 0.373 e. The maximum Gasteiger partial charge on any atom is 0.169 e. The van der Waals surface area contributed by atoms with E-state index in [1.54, 1.807) is 25.4 Å². The maximum atomic E-state index is 11.6. The second kappa shape index (κ2) is 4.03. The third-order valence-corrected chi connectivity index (χ3v) is 1.83. The van der Waals surface area contributed by atoms with Crippen LogP contribution in [0.3, 0.4) is 0 Å². The predicted molar refractivity (Wildman–Crippen MR) is 53.0 cm³/mol. The van der Waals surface area contributed by atoms with E-state index in [4.69, 9.17) is 0 Å². The molecule has 0 atom stereocenters. The molecule has 3 nitrogen and oxygen atoms in total. The van der Waals surface area contributed by atoms with E-state index in [9.17, 15) is 4.79 Å². The van der Waals surface area contributed by atoms with Crippen LogP contribution in [0.5, 0.6) is 0 Å². The summed E-state index contributed by atoms with van der Waals surface area (Å²) in [6, 6.07) is 3.57. The van der Waals surface area contributed by atoms with Crippen LogP contribution >= 0.6 is 0 Å². The van der Waals surface area contributed by atoms with Crippen molar-refractivity contribution in [3.63, 3.8) is 0 Å². The van der Waals surface area contributed by atoms with Crippen molar-refractivity contribution in [3.05, 3.63) is 23.9 Å². The monoisotopic (exact) mass is 178 g/mol. The molecule has 0 aromatic carbocycles. The van der Waals surface area contributed by atoms with Crippen molar-refractivity contribution in [2.24, 2.45) is 5.92 Å². The molecule has 0 bridgehead atoms. The average Bonchev–Trinajstić information content (AvgIpc) is 2.16. The van der Waals surface area contributed by atoms with Gasteiger partial charge in [0.15, 0.2) is 5.78 Å². The lowest BCUT2D eigenvalue weighted by molar-refractivity contribution is 0.0940. The number of ketones is 1. The predicted octanol–water partition coefficient (Wildman–Crippen LogP) is 1.96. The number of hydrogen-bond donors (Lipinski definition) is 1. The fourth-order valence-corrected chi connectivity index (χ4v) is 1.11. The van der Waals surface area contributed by atoms with E-state index in [-0.39, 0.29) is 11.7 Å². The normalized spacial score (nSPS) is 10.2. The van der Waals surface area contributed by atoms with Gasteiger partial charge in [-0.3, -0.25) is 4.79 Å². The van der Waals surface area contributed by atoms with Crippen molar-refractivity contribution in [1.82, 2.24) is 4.98 Å². The summed E-state index contributed by atoms with van der Waals surface area (Å²) in [6.07, 6.45) is 1.67. The molecule has 1 aromatic rings. The van der Waals surface area contributed by atoms with Crippen LogP contribution in [0.25, 0.3) is 0 Å². The van der Waals surface area contributed by atoms with Gasteiger partial charge in [-0.25, -0.2) is 4.98 Å². The number of carbonyl (C=O) groups is 1. The molecule has 0 spiro atoms. The van der Waals surface area contributed by atoms with Gasteiger partial charge in [-0.2, -0.15) is 0 Å². The summed E-state index contributed by atoms with van der Waals surface area (Å²) in [5.41, 5.74) is 0.667. The first-order chi connectivity index (χ1) is 6.16. The van der Waals surface area contributed by atoms with Crippen LogP contribution in [0.2, 0.25) is 0 Å². The van der Waals surface area contributed by atoms with Crippen LogP contribution in [-0.4, -0.2) is 17.8 Å². The van der Waals surface area contributed by atoms with E-state index in [0.717, 1.165) is 0 Å². The number of nitrogens with zero attached hydrogens (tertiary/aromatic N) is 1. The van der Waals surface area contributed by atoms with Crippen LogP contribution in [-0.2, 0) is 0 Å². The number of carbonyl (C=O) groups excluding carboxylic acids is 1. The highest BCUT2D eigenvalue weighted by atomic mass is 16.1. The molecule has 0 aliphatic rings. The molecular weight excluding hydrogens is 164 g/mol. The first-order valence-electron chi connectivity index (χ1n) is 4.33. The van der Waals surface area contributed by atoms with Crippen LogP contribution in [0.4, 0.5) is 5.82 Å². The van der Waals surface area contributed by atoms with E-state index in [2.05, 4.69) is 10.3 Å². The van der Waals surface area contributed by atoms with E-state index < -0.39 is 0 Å². The molecule has 0 saturated carbocycles. The Labute approximate surface area is 78.2 Å². The Morgan fingerprint density at radius 2 is 2.23 bits per heavy atom. The molecule has 0 radical (unpaired) electrons. The molecule has 0 fully saturated rings. The van der Waals surface area contributed by atoms with E-state index in [1.165, 1.54) is 0 Å². The summed E-state index contributed by atoms with van der Waals surface area (Å²) in [7, 11) is 1.76. The number of rotatable bonds is 3. The molecule has 13 heavy (non-hydrogen) atoms. The molecule has 0 unspecified atom stereocenters. The van der Waals surface area contributed by atoms with Gasteiger partial charge in [-0.1, -0.05) is 13.8 Å². The third kappa shape index (κ3) is 2.05. The average molecular weight is 178 g/mol. The minimum Gasteiger partial charge on any atom is -0.373 e. The number of anilines is 1. The number of aromatic nitrogens is 1. The lowest BCUT2D eigenvalue weighted by Crippen LogP contribution is -2.11. The van der Waals surface area contributed by atoms with Gasteiger partial charge in [0, 0.05) is 19.2 Å². The molecule has 0 aliphatic heterocycles. The van der Waals surface area contributed by atoms with Gasteiger partial charge in [0.05, 0.1) is 5.56 Å². The van der Waals surface area contributed by atoms with Crippen molar-refractivity contribution in [1.29, 1.82) is 0 Å². The fourth-order valence-electron chi connectivity index (χ4n) is 1.11. The Morgan fingerprint density at radius 1 is 1.54 bits per heavy atom. The third-order valence-electron chi connectivity index (χ3n) is 1.83. The van der Waals surface area contributed by atoms with E-state index in [0.29, 0.717) is 11.4 Å². The van der Waals surface area contributed by atoms with Gasteiger partial charge in [0.25, 0.3) is 0 Å². The zero-order chi connectivity index (χ0) is 9.84. The summed E-state index contributed by atoms with van der Waals surface area (Å²) < 4.78 is 0. The lowest BCUT2D eigenvalue weighted by atomic mass is 10.0. The number of Topliss-reactive ketones (excluding diaryl/α,β-unsaturated/α-hetero) is 1. The number of nitrogens with one attached hydrogen (secondary N) is 1. The van der Waals surface area contributed by atoms with Crippen molar-refractivity contribution in [2.75, 3.05) is 12.4 Å². The molecule has 1 rings (SSSR count). The molecule has 3 heteroatoms. The van der Waals surface area contributed by atoms with Crippen molar-refractivity contribution >= 4 is 11.6 Å². The van der Waals surface area contributed by atoms with E-state index in [1.807, 2.05) is 13.8 Å². The summed E-state index contributed by atoms with van der Waals surface area (Å²) >= 11 is 0. The molecule has 1 heterocycles. The maximum absolute atomic E-state index is 11.6. The Hall–Kier alpha value is -1.38. The molecule has 1 N–H and O–H groups in total. The smallest absolute Gasteiger partial charge is 0.169 e. The molecule has 0 saturated heterocycles. The van der Waals surface area contributed by atoms with Gasteiger partial charge in [-0.05, 0) is 12.1 Å². The highest BCUT2D eigenvalue weighted by Gasteiger charge is 2.14. The number of hydrogen-bond acceptors (Lipinski definition) is 3. The summed E-state index contributed by atoms with van der Waals surface area (Å²) in [5.74, 6) is 0.787. The summed E-state index contributed by atoms with van der Waals surface area (Å²) in [5, 5.41) is 2.90. The van der Waals surface area contributed by atoms with Crippen LogP contribution in [0, 0.1) is 5.92 Å². The van der Waals surface area contributed by atoms with E-state index >= 15 is 0 Å². The lowest BCUT2D eigenvalue weighted by Gasteiger charge is -2.08. The summed E-state index contributed by atoms with van der Waals surface area (Å²) in [6.45, 7) is 3.77. The highest BCUT2D eigenvalue weighted by molar-refractivity contribution is 6.01. The standard InChI is InChI=1S/C10H14N2O/c1-7(2)9(13)8-5-4-6-12-10(8)11-3/h4-7H,1-3H3,(H,11,12). The summed E-state index contributed by atoms with van der Waals surface area (Å²) in [4.78, 5) is 15.7. The molecule has 1 aromatic heterocycles. The van der Waals surface area contributed by atoms with Gasteiger partial charge in [0.1, 0.15) is 5.82 Å². The zero-order valence-electron chi connectivity index (χ0n) is 8.16. The van der Waals surface area contributed by atoms with Crippen LogP contribution in [0.1, 0.15) is 24.2 Å². The van der Waals surface area contributed by atoms with Crippen LogP contribution in [0.15, 0.2) is 18.3 Å². The Balaban J connectivity index is 3.06. The Morgan fingerprint density at radius 3 is 2.77 bits per heavy atom. The van der Waals surface area contributed by atoms with Gasteiger partial charge < -0.3 is 5.32 Å². The van der Waals surface area contributed by atoms with Gasteiger partial charge in [0.2, 0.25) is 0 Å².